The van der Waals surface area contributed by atoms with Gasteiger partial charge in [0.15, 0.2) is 0 Å². The van der Waals surface area contributed by atoms with Crippen molar-refractivity contribution in [2.75, 3.05) is 4.90 Å². The number of fused-ring (bicyclic) bond motifs is 2. The molecule has 1 heterocycles. The van der Waals surface area contributed by atoms with Crippen molar-refractivity contribution in [1.82, 2.24) is 4.90 Å². The van der Waals surface area contributed by atoms with E-state index in [0.717, 1.165) is 38.5 Å². The molecule has 0 unspecified atom stereocenters. The van der Waals surface area contributed by atoms with Gasteiger partial charge in [-0.3, -0.25) is 14.4 Å². The number of carbonyl (C=O) groups excluding carboxylic acids is 3. The van der Waals surface area contributed by atoms with Crippen LogP contribution in [-0.4, -0.2) is 34.7 Å². The van der Waals surface area contributed by atoms with Crippen molar-refractivity contribution in [2.24, 2.45) is 16.7 Å². The summed E-state index contributed by atoms with van der Waals surface area (Å²) in [6.45, 7) is 6.13. The van der Waals surface area contributed by atoms with E-state index >= 15 is 0 Å². The molecule has 34 heavy (non-hydrogen) atoms. The molecule has 5 rings (SSSR count). The Bertz CT molecular complexity index is 955. The number of hydrogen-bond donors (Lipinski definition) is 0. The molecule has 1 saturated heterocycles. The molecule has 4 aliphatic rings. The van der Waals surface area contributed by atoms with Crippen LogP contribution in [-0.2, 0) is 9.59 Å². The van der Waals surface area contributed by atoms with Crippen LogP contribution in [0.4, 0.5) is 5.69 Å². The molecular weight excluding hydrogens is 424 g/mol. The first-order valence-electron chi connectivity index (χ1n) is 13.6. The second-order valence-electron chi connectivity index (χ2n) is 12.0. The van der Waals surface area contributed by atoms with E-state index in [1.54, 1.807) is 6.07 Å². The average Bonchev–Trinajstić information content (AvgIpc) is 3.03. The minimum Gasteiger partial charge on any atom is -0.333 e. The number of piperidine rings is 1. The summed E-state index contributed by atoms with van der Waals surface area (Å²) in [5.41, 5.74) is 0.268. The monoisotopic (exact) mass is 464 g/mol. The van der Waals surface area contributed by atoms with Crippen LogP contribution >= 0.6 is 0 Å². The fourth-order valence-electron chi connectivity index (χ4n) is 7.34. The van der Waals surface area contributed by atoms with Gasteiger partial charge in [0.2, 0.25) is 11.8 Å². The van der Waals surface area contributed by atoms with Crippen LogP contribution < -0.4 is 4.90 Å². The van der Waals surface area contributed by atoms with E-state index < -0.39 is 5.41 Å². The van der Waals surface area contributed by atoms with Crippen molar-refractivity contribution >= 4 is 23.4 Å². The third-order valence-electron chi connectivity index (χ3n) is 9.94. The Morgan fingerprint density at radius 2 is 1.47 bits per heavy atom. The zero-order valence-corrected chi connectivity index (χ0v) is 21.1. The Hall–Kier alpha value is -2.17. The number of imide groups is 1. The third-order valence-corrected chi connectivity index (χ3v) is 9.94. The highest BCUT2D eigenvalue weighted by Gasteiger charge is 2.64. The van der Waals surface area contributed by atoms with E-state index in [1.165, 1.54) is 43.4 Å². The van der Waals surface area contributed by atoms with Gasteiger partial charge in [-0.05, 0) is 62.1 Å². The highest BCUT2D eigenvalue weighted by molar-refractivity contribution is 6.20. The molecule has 3 amide bonds. The van der Waals surface area contributed by atoms with Crippen molar-refractivity contribution in [3.63, 3.8) is 0 Å². The van der Waals surface area contributed by atoms with Crippen LogP contribution in [0.3, 0.4) is 0 Å². The van der Waals surface area contributed by atoms with Gasteiger partial charge < -0.3 is 4.90 Å². The molecule has 4 fully saturated rings. The van der Waals surface area contributed by atoms with E-state index in [9.17, 15) is 14.4 Å². The van der Waals surface area contributed by atoms with Gasteiger partial charge in [0, 0.05) is 23.6 Å². The first-order chi connectivity index (χ1) is 16.3. The van der Waals surface area contributed by atoms with Gasteiger partial charge >= 0.3 is 0 Å². The molecule has 0 N–H and O–H groups in total. The standard InChI is InChI=1S/C29H40N2O3/c1-28(2)24-17-18-29(28,3)27(34)31(26(24)33)23-16-10-11-20(19-23)25(32)30(21-12-6-4-7-13-21)22-14-8-5-9-15-22/h10-11,16,19,21-22,24H,4-9,12-15,17-18H2,1-3H3/t24-,29+/m0/s1. The van der Waals surface area contributed by atoms with Crippen LogP contribution in [0.25, 0.3) is 0 Å². The van der Waals surface area contributed by atoms with E-state index in [-0.39, 0.29) is 29.1 Å². The van der Waals surface area contributed by atoms with E-state index in [4.69, 9.17) is 0 Å². The first-order valence-corrected chi connectivity index (χ1v) is 13.6. The summed E-state index contributed by atoms with van der Waals surface area (Å²) in [7, 11) is 0. The van der Waals surface area contributed by atoms with Crippen molar-refractivity contribution in [3.8, 4) is 0 Å². The molecule has 1 aromatic rings. The summed E-state index contributed by atoms with van der Waals surface area (Å²) in [5, 5.41) is 0. The van der Waals surface area contributed by atoms with E-state index in [2.05, 4.69) is 18.7 Å². The Balaban J connectivity index is 1.46. The number of carbonyl (C=O) groups is 3. The smallest absolute Gasteiger partial charge is 0.254 e. The van der Waals surface area contributed by atoms with Gasteiger partial charge in [-0.1, -0.05) is 65.4 Å². The summed E-state index contributed by atoms with van der Waals surface area (Å²) >= 11 is 0. The van der Waals surface area contributed by atoms with Crippen molar-refractivity contribution in [1.29, 1.82) is 0 Å². The largest absolute Gasteiger partial charge is 0.333 e. The lowest BCUT2D eigenvalue weighted by Gasteiger charge is -2.47. The minimum atomic E-state index is -0.554. The van der Waals surface area contributed by atoms with Crippen LogP contribution in [0.2, 0.25) is 0 Å². The SMILES string of the molecule is CC1(C)[C@H]2CC[C@]1(C)C(=O)N(c1cccc(C(=O)N(C3CCCCC3)C3CCCCC3)c1)C2=O. The highest BCUT2D eigenvalue weighted by Crippen LogP contribution is 2.60. The highest BCUT2D eigenvalue weighted by atomic mass is 16.2. The number of amides is 3. The van der Waals surface area contributed by atoms with E-state index in [0.29, 0.717) is 23.3 Å². The number of anilines is 1. The Morgan fingerprint density at radius 1 is 0.882 bits per heavy atom. The Kier molecular flexibility index (Phi) is 6.10. The molecule has 1 aliphatic heterocycles. The zero-order chi connectivity index (χ0) is 24.1. The quantitative estimate of drug-likeness (QED) is 0.505. The lowest BCUT2D eigenvalue weighted by Crippen LogP contribution is -2.59. The normalized spacial score (nSPS) is 30.0. The molecular formula is C29H40N2O3. The second-order valence-corrected chi connectivity index (χ2v) is 12.0. The Morgan fingerprint density at radius 3 is 2.06 bits per heavy atom. The number of hydrogen-bond acceptors (Lipinski definition) is 3. The van der Waals surface area contributed by atoms with Gasteiger partial charge in [-0.15, -0.1) is 0 Å². The molecule has 0 radical (unpaired) electrons. The maximum atomic E-state index is 14.0. The van der Waals surface area contributed by atoms with Crippen molar-refractivity contribution < 1.29 is 14.4 Å². The Labute approximate surface area is 204 Å². The van der Waals surface area contributed by atoms with Gasteiger partial charge in [0.25, 0.3) is 5.91 Å². The molecule has 184 valence electrons. The molecule has 2 atom stereocenters. The number of rotatable bonds is 4. The molecule has 1 aromatic carbocycles. The van der Waals surface area contributed by atoms with Crippen molar-refractivity contribution in [3.05, 3.63) is 29.8 Å². The average molecular weight is 465 g/mol. The lowest BCUT2D eigenvalue weighted by molar-refractivity contribution is -0.146. The molecule has 2 bridgehead atoms. The van der Waals surface area contributed by atoms with E-state index in [1.807, 2.05) is 25.1 Å². The zero-order valence-electron chi connectivity index (χ0n) is 21.1. The van der Waals surface area contributed by atoms with Crippen LogP contribution in [0, 0.1) is 16.7 Å². The summed E-state index contributed by atoms with van der Waals surface area (Å²) in [6.07, 6.45) is 13.1. The molecule has 0 aromatic heterocycles. The van der Waals surface area contributed by atoms with Crippen LogP contribution in [0.5, 0.6) is 0 Å². The molecule has 3 saturated carbocycles. The van der Waals surface area contributed by atoms with Gasteiger partial charge in [-0.2, -0.15) is 0 Å². The first kappa shape index (κ1) is 23.6. The van der Waals surface area contributed by atoms with Gasteiger partial charge in [-0.25, -0.2) is 4.90 Å². The fourth-order valence-corrected chi connectivity index (χ4v) is 7.34. The molecule has 3 aliphatic carbocycles. The minimum absolute atomic E-state index is 0.0760. The predicted molar refractivity (Wildman–Crippen MR) is 133 cm³/mol. The van der Waals surface area contributed by atoms with Gasteiger partial charge in [0.1, 0.15) is 0 Å². The second kappa shape index (κ2) is 8.80. The van der Waals surface area contributed by atoms with Crippen LogP contribution in [0.15, 0.2) is 24.3 Å². The summed E-state index contributed by atoms with van der Waals surface area (Å²) in [6, 6.07) is 7.94. The predicted octanol–water partition coefficient (Wildman–Crippen LogP) is 6.11. The fraction of sp³-hybridized carbons (Fsp3) is 0.690. The third kappa shape index (κ3) is 3.61. The maximum Gasteiger partial charge on any atom is 0.254 e. The number of nitrogens with zero attached hydrogens (tertiary/aromatic N) is 2. The van der Waals surface area contributed by atoms with Crippen molar-refractivity contribution in [2.45, 2.75) is 110 Å². The summed E-state index contributed by atoms with van der Waals surface area (Å²) in [4.78, 5) is 44.7. The lowest BCUT2D eigenvalue weighted by atomic mass is 9.62. The molecule has 5 nitrogen and oxygen atoms in total. The molecule has 5 heteroatoms. The summed E-state index contributed by atoms with van der Waals surface area (Å²) in [5.74, 6) is -0.300. The summed E-state index contributed by atoms with van der Waals surface area (Å²) < 4.78 is 0. The maximum absolute atomic E-state index is 14.0. The van der Waals surface area contributed by atoms with Gasteiger partial charge in [0.05, 0.1) is 11.1 Å². The molecule has 0 spiro atoms. The van der Waals surface area contributed by atoms with Crippen LogP contribution in [0.1, 0.15) is 108 Å². The number of benzene rings is 1. The topological polar surface area (TPSA) is 57.7 Å².